The Morgan fingerprint density at radius 1 is 0.842 bits per heavy atom. The third-order valence-corrected chi connectivity index (χ3v) is 3.96. The molecule has 0 fully saturated rings. The first-order valence-electron chi connectivity index (χ1n) is 6.74. The van der Waals surface area contributed by atoms with Gasteiger partial charge in [0.2, 0.25) is 0 Å². The first-order valence-corrected chi connectivity index (χ1v) is 7.18. The molecule has 0 aromatic heterocycles. The van der Waals surface area contributed by atoms with E-state index in [9.17, 15) is 0 Å². The van der Waals surface area contributed by atoms with E-state index >= 15 is 0 Å². The van der Waals surface area contributed by atoms with Gasteiger partial charge in [-0.2, -0.15) is 0 Å². The van der Waals surface area contributed by atoms with E-state index in [4.69, 9.17) is 11.6 Å². The predicted molar refractivity (Wildman–Crippen MR) is 84.1 cm³/mol. The monoisotopic (exact) mass is 272 g/mol. The van der Waals surface area contributed by atoms with Crippen LogP contribution in [0.5, 0.6) is 0 Å². The highest BCUT2D eigenvalue weighted by Gasteiger charge is 2.14. The smallest absolute Gasteiger partial charge is 0.0630 e. The molecule has 1 atom stereocenters. The van der Waals surface area contributed by atoms with Crippen molar-refractivity contribution in [1.29, 1.82) is 0 Å². The maximum absolute atomic E-state index is 6.64. The number of alkyl halides is 1. The molecule has 19 heavy (non-hydrogen) atoms. The highest BCUT2D eigenvalue weighted by atomic mass is 35.5. The Balaban J connectivity index is 2.25. The maximum Gasteiger partial charge on any atom is 0.0630 e. The lowest BCUT2D eigenvalue weighted by atomic mass is 9.94. The SMILES string of the molecule is Cc1ccc(CC(Cl)c2c(C)cc(C)cc2C)cc1. The van der Waals surface area contributed by atoms with Gasteiger partial charge in [0.15, 0.2) is 0 Å². The molecule has 0 spiro atoms. The molecule has 0 saturated carbocycles. The molecule has 0 aliphatic carbocycles. The Morgan fingerprint density at radius 3 is 1.89 bits per heavy atom. The van der Waals surface area contributed by atoms with Gasteiger partial charge in [0.25, 0.3) is 0 Å². The second-order valence-electron chi connectivity index (χ2n) is 5.47. The van der Waals surface area contributed by atoms with Crippen LogP contribution in [0.3, 0.4) is 0 Å². The Hall–Kier alpha value is -1.27. The van der Waals surface area contributed by atoms with Crippen LogP contribution in [-0.4, -0.2) is 0 Å². The second-order valence-corrected chi connectivity index (χ2v) is 6.00. The van der Waals surface area contributed by atoms with E-state index in [0.29, 0.717) is 0 Å². The van der Waals surface area contributed by atoms with Crippen LogP contribution in [0, 0.1) is 27.7 Å². The molecule has 0 heterocycles. The van der Waals surface area contributed by atoms with Crippen LogP contribution in [0.1, 0.15) is 38.8 Å². The second kappa shape index (κ2) is 5.79. The lowest BCUT2D eigenvalue weighted by Crippen LogP contribution is -2.02. The first kappa shape index (κ1) is 14.1. The van der Waals surface area contributed by atoms with Crippen molar-refractivity contribution in [3.63, 3.8) is 0 Å². The van der Waals surface area contributed by atoms with Crippen LogP contribution in [0.4, 0.5) is 0 Å². The van der Waals surface area contributed by atoms with E-state index in [1.54, 1.807) is 0 Å². The molecule has 100 valence electrons. The summed E-state index contributed by atoms with van der Waals surface area (Å²) in [5.41, 5.74) is 7.77. The van der Waals surface area contributed by atoms with Gasteiger partial charge in [0.1, 0.15) is 0 Å². The van der Waals surface area contributed by atoms with Gasteiger partial charge in [-0.1, -0.05) is 47.5 Å². The molecule has 0 nitrogen and oxygen atoms in total. The average molecular weight is 273 g/mol. The summed E-state index contributed by atoms with van der Waals surface area (Å²) in [5, 5.41) is 0.0447. The standard InChI is InChI=1S/C18H21Cl/c1-12-5-7-16(8-6-12)11-17(19)18-14(3)9-13(2)10-15(18)4/h5-10,17H,11H2,1-4H3. The van der Waals surface area contributed by atoms with Crippen LogP contribution in [0.25, 0.3) is 0 Å². The van der Waals surface area contributed by atoms with Gasteiger partial charge in [-0.15, -0.1) is 11.6 Å². The Kier molecular flexibility index (Phi) is 4.31. The van der Waals surface area contributed by atoms with Crippen molar-refractivity contribution < 1.29 is 0 Å². The molecule has 0 bridgehead atoms. The Bertz CT molecular complexity index is 544. The average Bonchev–Trinajstić information content (AvgIpc) is 2.30. The topological polar surface area (TPSA) is 0 Å². The fraction of sp³-hybridized carbons (Fsp3) is 0.333. The fourth-order valence-corrected chi connectivity index (χ4v) is 3.24. The van der Waals surface area contributed by atoms with Crippen molar-refractivity contribution in [2.24, 2.45) is 0 Å². The molecule has 2 aromatic carbocycles. The van der Waals surface area contributed by atoms with Crippen molar-refractivity contribution in [3.8, 4) is 0 Å². The van der Waals surface area contributed by atoms with Gasteiger partial charge in [0.05, 0.1) is 5.38 Å². The normalized spacial score (nSPS) is 12.5. The minimum absolute atomic E-state index is 0.0447. The number of aryl methyl sites for hydroxylation is 4. The van der Waals surface area contributed by atoms with Gasteiger partial charge in [-0.05, 0) is 56.4 Å². The zero-order valence-electron chi connectivity index (χ0n) is 12.1. The number of halogens is 1. The molecule has 2 aromatic rings. The van der Waals surface area contributed by atoms with Gasteiger partial charge in [0, 0.05) is 0 Å². The highest BCUT2D eigenvalue weighted by molar-refractivity contribution is 6.21. The summed E-state index contributed by atoms with van der Waals surface area (Å²) in [5.74, 6) is 0. The quantitative estimate of drug-likeness (QED) is 0.653. The summed E-state index contributed by atoms with van der Waals surface area (Å²) in [6.45, 7) is 8.54. The summed E-state index contributed by atoms with van der Waals surface area (Å²) in [6, 6.07) is 13.1. The zero-order valence-corrected chi connectivity index (χ0v) is 12.9. The van der Waals surface area contributed by atoms with Gasteiger partial charge in [-0.25, -0.2) is 0 Å². The lowest BCUT2D eigenvalue weighted by molar-refractivity contribution is 0.897. The summed E-state index contributed by atoms with van der Waals surface area (Å²) in [7, 11) is 0. The van der Waals surface area contributed by atoms with Crippen LogP contribution >= 0.6 is 11.6 Å². The van der Waals surface area contributed by atoms with Crippen molar-refractivity contribution in [3.05, 3.63) is 69.8 Å². The Morgan fingerprint density at radius 2 is 1.37 bits per heavy atom. The number of benzene rings is 2. The molecule has 0 aliphatic rings. The molecule has 1 heteroatoms. The summed E-state index contributed by atoms with van der Waals surface area (Å²) < 4.78 is 0. The molecule has 0 amide bonds. The fourth-order valence-electron chi connectivity index (χ4n) is 2.72. The van der Waals surface area contributed by atoms with E-state index in [2.05, 4.69) is 64.1 Å². The van der Waals surface area contributed by atoms with E-state index in [-0.39, 0.29) is 5.38 Å². The molecular weight excluding hydrogens is 252 g/mol. The molecular formula is C18H21Cl. The van der Waals surface area contributed by atoms with Crippen LogP contribution in [-0.2, 0) is 6.42 Å². The zero-order chi connectivity index (χ0) is 14.0. The molecule has 0 aliphatic heterocycles. The van der Waals surface area contributed by atoms with Gasteiger partial charge >= 0.3 is 0 Å². The maximum atomic E-state index is 6.64. The van der Waals surface area contributed by atoms with Crippen LogP contribution in [0.15, 0.2) is 36.4 Å². The third-order valence-electron chi connectivity index (χ3n) is 3.59. The van der Waals surface area contributed by atoms with Crippen molar-refractivity contribution in [2.75, 3.05) is 0 Å². The largest absolute Gasteiger partial charge is 0.117 e. The molecule has 0 radical (unpaired) electrons. The van der Waals surface area contributed by atoms with Gasteiger partial charge < -0.3 is 0 Å². The first-order chi connectivity index (χ1) is 8.97. The highest BCUT2D eigenvalue weighted by Crippen LogP contribution is 2.31. The van der Waals surface area contributed by atoms with E-state index in [1.807, 2.05) is 0 Å². The number of hydrogen-bond donors (Lipinski definition) is 0. The van der Waals surface area contributed by atoms with Crippen LogP contribution < -0.4 is 0 Å². The molecule has 2 rings (SSSR count). The molecule has 1 unspecified atom stereocenters. The lowest BCUT2D eigenvalue weighted by Gasteiger charge is -2.17. The summed E-state index contributed by atoms with van der Waals surface area (Å²) in [6.07, 6.45) is 0.882. The summed E-state index contributed by atoms with van der Waals surface area (Å²) in [4.78, 5) is 0. The predicted octanol–water partition coefficient (Wildman–Crippen LogP) is 5.44. The minimum atomic E-state index is 0.0447. The number of hydrogen-bond acceptors (Lipinski definition) is 0. The minimum Gasteiger partial charge on any atom is -0.117 e. The third kappa shape index (κ3) is 3.39. The molecule has 0 saturated heterocycles. The van der Waals surface area contributed by atoms with E-state index < -0.39 is 0 Å². The van der Waals surface area contributed by atoms with E-state index in [0.717, 1.165) is 6.42 Å². The van der Waals surface area contributed by atoms with Crippen molar-refractivity contribution in [2.45, 2.75) is 39.5 Å². The van der Waals surface area contributed by atoms with Gasteiger partial charge in [-0.3, -0.25) is 0 Å². The van der Waals surface area contributed by atoms with Crippen LogP contribution in [0.2, 0.25) is 0 Å². The summed E-state index contributed by atoms with van der Waals surface area (Å²) >= 11 is 6.64. The van der Waals surface area contributed by atoms with Crippen molar-refractivity contribution >= 4 is 11.6 Å². The van der Waals surface area contributed by atoms with Crippen molar-refractivity contribution in [1.82, 2.24) is 0 Å². The molecule has 0 N–H and O–H groups in total. The Labute approximate surface area is 121 Å². The van der Waals surface area contributed by atoms with E-state index in [1.165, 1.54) is 33.4 Å². The number of rotatable bonds is 3.